The molecule has 0 spiro atoms. The summed E-state index contributed by atoms with van der Waals surface area (Å²) >= 11 is 0. The number of imide groups is 2. The Kier molecular flexibility index (Phi) is 6.78. The second kappa shape index (κ2) is 10.4. The second-order valence-electron chi connectivity index (χ2n) is 9.25. The monoisotopic (exact) mass is 544 g/mol. The van der Waals surface area contributed by atoms with E-state index >= 15 is 0 Å². The summed E-state index contributed by atoms with van der Waals surface area (Å²) < 4.78 is 0. The van der Waals surface area contributed by atoms with Gasteiger partial charge in [-0.15, -0.1) is 0 Å². The number of anilines is 2. The fourth-order valence-corrected chi connectivity index (χ4v) is 4.69. The van der Waals surface area contributed by atoms with Gasteiger partial charge in [-0.2, -0.15) is 0 Å². The van der Waals surface area contributed by atoms with Crippen molar-refractivity contribution in [2.24, 2.45) is 0 Å². The van der Waals surface area contributed by atoms with Gasteiger partial charge in [0.1, 0.15) is 12.6 Å². The Morgan fingerprint density at radius 3 is 1.83 bits per heavy atom. The van der Waals surface area contributed by atoms with Gasteiger partial charge < -0.3 is 0 Å². The van der Waals surface area contributed by atoms with E-state index in [0.29, 0.717) is 12.6 Å². The highest BCUT2D eigenvalue weighted by Crippen LogP contribution is 2.32. The Labute approximate surface area is 233 Å². The highest BCUT2D eigenvalue weighted by Gasteiger charge is 2.38. The zero-order valence-corrected chi connectivity index (χ0v) is 21.6. The van der Waals surface area contributed by atoms with Crippen molar-refractivity contribution in [1.29, 1.82) is 0 Å². The molecule has 0 radical (unpaired) electrons. The quantitative estimate of drug-likeness (QED) is 0.136. The average Bonchev–Trinajstić information content (AvgIpc) is 3.37. The number of Topliss-reactive ketones (excluding diaryl/α,β-unsaturated/α-hetero) is 1. The molecule has 2 aliphatic heterocycles. The van der Waals surface area contributed by atoms with Crippen LogP contribution < -0.4 is 9.80 Å². The van der Waals surface area contributed by atoms with Crippen LogP contribution in [-0.2, 0) is 9.59 Å². The number of amides is 4. The molecule has 200 valence electrons. The van der Waals surface area contributed by atoms with Gasteiger partial charge in [-0.3, -0.25) is 33.6 Å². The van der Waals surface area contributed by atoms with E-state index in [9.17, 15) is 33.6 Å². The fraction of sp³-hybridized carbons (Fsp3) is 0.0312. The van der Waals surface area contributed by atoms with Crippen LogP contribution in [0.3, 0.4) is 0 Å². The second-order valence-corrected chi connectivity index (χ2v) is 9.25. The van der Waals surface area contributed by atoms with E-state index in [2.05, 4.69) is 6.58 Å². The summed E-state index contributed by atoms with van der Waals surface area (Å²) in [6.07, 6.45) is 3.68. The molecule has 9 nitrogen and oxygen atoms in total. The lowest BCUT2D eigenvalue weighted by Gasteiger charge is -2.15. The van der Waals surface area contributed by atoms with E-state index in [1.54, 1.807) is 12.1 Å². The van der Waals surface area contributed by atoms with Crippen LogP contribution in [-0.4, -0.2) is 42.0 Å². The number of ketones is 1. The van der Waals surface area contributed by atoms with Gasteiger partial charge in [-0.25, -0.2) is 9.80 Å². The molecule has 0 N–H and O–H groups in total. The van der Waals surface area contributed by atoms with Crippen molar-refractivity contribution in [2.75, 3.05) is 9.80 Å². The van der Waals surface area contributed by atoms with E-state index in [4.69, 9.17) is 0 Å². The summed E-state index contributed by atoms with van der Waals surface area (Å²) in [7, 11) is 0. The van der Waals surface area contributed by atoms with Gasteiger partial charge in [-0.1, -0.05) is 43.0 Å². The van der Waals surface area contributed by atoms with Crippen LogP contribution in [0.2, 0.25) is 0 Å². The van der Waals surface area contributed by atoms with Gasteiger partial charge in [0.25, 0.3) is 23.6 Å². The largest absolute Gasteiger partial charge is 0.298 e. The summed E-state index contributed by atoms with van der Waals surface area (Å²) in [6, 6.07) is 16.1. The molecule has 2 heterocycles. The van der Waals surface area contributed by atoms with Gasteiger partial charge in [0.15, 0.2) is 5.78 Å². The predicted molar refractivity (Wildman–Crippen MR) is 149 cm³/mol. The van der Waals surface area contributed by atoms with Gasteiger partial charge in [0.2, 0.25) is 0 Å². The van der Waals surface area contributed by atoms with E-state index < -0.39 is 29.4 Å². The van der Waals surface area contributed by atoms with Crippen LogP contribution in [0.15, 0.2) is 102 Å². The lowest BCUT2D eigenvalue weighted by atomic mass is 9.97. The number of hydrogen-bond donors (Lipinski definition) is 0. The molecule has 0 atom stereocenters. The first kappa shape index (κ1) is 26.8. The summed E-state index contributed by atoms with van der Waals surface area (Å²) in [4.78, 5) is 90.0. The molecule has 0 aromatic heterocycles. The van der Waals surface area contributed by atoms with Crippen LogP contribution >= 0.6 is 0 Å². The third-order valence-corrected chi connectivity index (χ3v) is 6.82. The Hall–Kier alpha value is -5.83. The van der Waals surface area contributed by atoms with Crippen molar-refractivity contribution in [1.82, 2.24) is 0 Å². The minimum absolute atomic E-state index is 0.00419. The van der Waals surface area contributed by atoms with Crippen molar-refractivity contribution >= 4 is 53.4 Å². The maximum absolute atomic E-state index is 13.5. The molecule has 0 bridgehead atoms. The molecule has 3 aromatic carbocycles. The number of carbonyl (C=O) groups is 7. The lowest BCUT2D eigenvalue weighted by Crippen LogP contribution is -2.31. The number of hydrogen-bond acceptors (Lipinski definition) is 7. The summed E-state index contributed by atoms with van der Waals surface area (Å²) in [5.74, 6) is -3.12. The Morgan fingerprint density at radius 2 is 1.27 bits per heavy atom. The molecule has 5 rings (SSSR count). The maximum Gasteiger partial charge on any atom is 0.266 e. The van der Waals surface area contributed by atoms with Gasteiger partial charge in [0.05, 0.1) is 22.5 Å². The number of benzene rings is 3. The van der Waals surface area contributed by atoms with Crippen LogP contribution in [0.4, 0.5) is 11.4 Å². The highest BCUT2D eigenvalue weighted by atomic mass is 16.2. The Morgan fingerprint density at radius 1 is 0.707 bits per heavy atom. The van der Waals surface area contributed by atoms with E-state index in [0.717, 1.165) is 9.80 Å². The van der Waals surface area contributed by atoms with Crippen molar-refractivity contribution in [3.8, 4) is 0 Å². The first-order valence-electron chi connectivity index (χ1n) is 12.3. The molecule has 0 saturated heterocycles. The number of aldehydes is 2. The molecule has 0 saturated carbocycles. The van der Waals surface area contributed by atoms with Crippen LogP contribution in [0, 0.1) is 0 Å². The smallest absolute Gasteiger partial charge is 0.266 e. The van der Waals surface area contributed by atoms with Crippen molar-refractivity contribution < 1.29 is 33.6 Å². The van der Waals surface area contributed by atoms with Gasteiger partial charge in [0, 0.05) is 33.4 Å². The molecule has 2 aliphatic rings. The number of fused-ring (bicyclic) bond motifs is 1. The minimum Gasteiger partial charge on any atom is -0.298 e. The SMILES string of the molecule is C=C/C(=C\C1=C(C)C(=O)N(c2cccc(C=O)c2)C1=O)C(=O)c1ccc2c(c1)C(=O)N(c1cccc(C=O)c1)C2=O. The molecule has 9 heteroatoms. The summed E-state index contributed by atoms with van der Waals surface area (Å²) in [5.41, 5.74) is 1.22. The predicted octanol–water partition coefficient (Wildman–Crippen LogP) is 4.30. The highest BCUT2D eigenvalue weighted by molar-refractivity contribution is 6.36. The Bertz CT molecular complexity index is 1810. The van der Waals surface area contributed by atoms with Crippen LogP contribution in [0.1, 0.15) is 58.7 Å². The Balaban J connectivity index is 1.46. The van der Waals surface area contributed by atoms with Crippen molar-refractivity contribution in [2.45, 2.75) is 6.92 Å². The van der Waals surface area contributed by atoms with Crippen LogP contribution in [0.5, 0.6) is 0 Å². The van der Waals surface area contributed by atoms with E-state index in [-0.39, 0.29) is 55.9 Å². The topological polar surface area (TPSA) is 126 Å². The van der Waals surface area contributed by atoms with Gasteiger partial charge >= 0.3 is 0 Å². The third kappa shape index (κ3) is 4.45. The lowest BCUT2D eigenvalue weighted by molar-refractivity contribution is -0.120. The number of allylic oxidation sites excluding steroid dienone is 2. The zero-order valence-electron chi connectivity index (χ0n) is 21.6. The van der Waals surface area contributed by atoms with Crippen molar-refractivity contribution in [3.63, 3.8) is 0 Å². The average molecular weight is 545 g/mol. The standard InChI is InChI=1S/C32H20N2O7/c1-3-21(14-26-18(2)29(38)33(31(26)40)23-8-4-6-19(12-23)16-35)28(37)22-10-11-25-27(15-22)32(41)34(30(25)39)24-9-5-7-20(13-24)17-36/h3-17H,1H2,2H3/b21-14+. The first-order chi connectivity index (χ1) is 19.7. The molecule has 4 amide bonds. The minimum atomic E-state index is -0.675. The normalized spacial score (nSPS) is 15.0. The maximum atomic E-state index is 13.5. The van der Waals surface area contributed by atoms with Gasteiger partial charge in [-0.05, 0) is 49.4 Å². The number of rotatable bonds is 8. The van der Waals surface area contributed by atoms with E-state index in [1.165, 1.54) is 73.7 Å². The number of carbonyl (C=O) groups excluding carboxylic acids is 7. The molecular formula is C32H20N2O7. The van der Waals surface area contributed by atoms with Crippen molar-refractivity contribution in [3.05, 3.63) is 130 Å². The third-order valence-electron chi connectivity index (χ3n) is 6.82. The summed E-state index contributed by atoms with van der Waals surface area (Å²) in [5, 5.41) is 0. The molecule has 3 aromatic rings. The molecule has 0 unspecified atom stereocenters. The number of nitrogens with zero attached hydrogens (tertiary/aromatic N) is 2. The first-order valence-corrected chi connectivity index (χ1v) is 12.3. The fourth-order valence-electron chi connectivity index (χ4n) is 4.69. The summed E-state index contributed by atoms with van der Waals surface area (Å²) in [6.45, 7) is 5.12. The van der Waals surface area contributed by atoms with E-state index in [1.807, 2.05) is 0 Å². The molecule has 41 heavy (non-hydrogen) atoms. The molecule has 0 aliphatic carbocycles. The zero-order chi connectivity index (χ0) is 29.4. The molecular weight excluding hydrogens is 524 g/mol. The molecule has 0 fully saturated rings. The van der Waals surface area contributed by atoms with Crippen LogP contribution in [0.25, 0.3) is 0 Å².